The topological polar surface area (TPSA) is 134 Å². The van der Waals surface area contributed by atoms with Gasteiger partial charge < -0.3 is 20.7 Å². The zero-order valence-electron chi connectivity index (χ0n) is 17.9. The molecular formula is C18H37N3O6S. The predicted molar refractivity (Wildman–Crippen MR) is 109 cm³/mol. The van der Waals surface area contributed by atoms with Gasteiger partial charge in [-0.3, -0.25) is 14.1 Å². The molecule has 0 aliphatic carbocycles. The molecule has 0 radical (unpaired) electrons. The lowest BCUT2D eigenvalue weighted by Crippen LogP contribution is -2.50. The Kier molecular flexibility index (Phi) is 11.2. The Bertz CT molecular complexity index is 608. The normalized spacial score (nSPS) is 15.5. The highest BCUT2D eigenvalue weighted by Gasteiger charge is 2.31. The van der Waals surface area contributed by atoms with Gasteiger partial charge in [0.25, 0.3) is 10.1 Å². The number of ether oxygens (including phenoxy) is 1. The molecule has 0 saturated carbocycles. The highest BCUT2D eigenvalue weighted by atomic mass is 32.2. The minimum absolute atomic E-state index is 0.0489. The zero-order chi connectivity index (χ0) is 22.0. The van der Waals surface area contributed by atoms with Crippen LogP contribution in [0, 0.1) is 10.8 Å². The van der Waals surface area contributed by atoms with Crippen LogP contribution in [0.1, 0.15) is 47.5 Å². The van der Waals surface area contributed by atoms with Crippen molar-refractivity contribution in [1.82, 2.24) is 16.0 Å². The van der Waals surface area contributed by atoms with Crippen molar-refractivity contribution in [2.75, 3.05) is 39.1 Å². The van der Waals surface area contributed by atoms with Gasteiger partial charge in [-0.25, -0.2) is 0 Å². The van der Waals surface area contributed by atoms with E-state index in [9.17, 15) is 18.0 Å². The van der Waals surface area contributed by atoms with Crippen LogP contribution in [0.25, 0.3) is 0 Å². The van der Waals surface area contributed by atoms with E-state index >= 15 is 0 Å². The molecule has 0 rings (SSSR count). The van der Waals surface area contributed by atoms with Gasteiger partial charge in [-0.2, -0.15) is 8.42 Å². The largest absolute Gasteiger partial charge is 0.380 e. The zero-order valence-corrected chi connectivity index (χ0v) is 18.7. The van der Waals surface area contributed by atoms with E-state index in [4.69, 9.17) is 9.29 Å². The van der Waals surface area contributed by atoms with E-state index in [-0.39, 0.29) is 11.8 Å². The van der Waals surface area contributed by atoms with E-state index in [2.05, 4.69) is 29.8 Å². The molecule has 0 aromatic carbocycles. The maximum absolute atomic E-state index is 12.4. The highest BCUT2D eigenvalue weighted by Crippen LogP contribution is 2.27. The van der Waals surface area contributed by atoms with Crippen molar-refractivity contribution < 1.29 is 27.3 Å². The van der Waals surface area contributed by atoms with Crippen LogP contribution in [-0.2, 0) is 24.4 Å². The average molecular weight is 424 g/mol. The predicted octanol–water partition coefficient (Wildman–Crippen LogP) is 0.564. The van der Waals surface area contributed by atoms with Gasteiger partial charge in [0.05, 0.1) is 13.2 Å². The Hall–Kier alpha value is -1.23. The molecule has 0 aliphatic rings. The van der Waals surface area contributed by atoms with Crippen LogP contribution in [0.5, 0.6) is 0 Å². The fraction of sp³-hybridized carbons (Fsp3) is 0.889. The van der Waals surface area contributed by atoms with E-state index in [1.807, 2.05) is 20.8 Å². The summed E-state index contributed by atoms with van der Waals surface area (Å²) in [6, 6.07) is -1.35. The first kappa shape index (κ1) is 26.8. The summed E-state index contributed by atoms with van der Waals surface area (Å²) >= 11 is 0. The summed E-state index contributed by atoms with van der Waals surface area (Å²) in [5.41, 5.74) is -0.517. The Morgan fingerprint density at radius 1 is 1.14 bits per heavy atom. The third-order valence-electron chi connectivity index (χ3n) is 4.51. The van der Waals surface area contributed by atoms with E-state index in [1.54, 1.807) is 0 Å². The smallest absolute Gasteiger partial charge is 0.267 e. The maximum Gasteiger partial charge on any atom is 0.267 e. The molecule has 166 valence electrons. The number of rotatable bonds is 14. The molecule has 0 aromatic rings. The minimum atomic E-state index is -4.42. The van der Waals surface area contributed by atoms with Crippen LogP contribution in [0.3, 0.4) is 0 Å². The molecule has 0 heterocycles. The minimum Gasteiger partial charge on any atom is -0.380 e. The van der Waals surface area contributed by atoms with Crippen molar-refractivity contribution in [3.63, 3.8) is 0 Å². The summed E-state index contributed by atoms with van der Waals surface area (Å²) in [7, 11) is -3.09. The molecule has 2 unspecified atom stereocenters. The van der Waals surface area contributed by atoms with Gasteiger partial charge >= 0.3 is 0 Å². The molecule has 0 aliphatic heterocycles. The highest BCUT2D eigenvalue weighted by molar-refractivity contribution is 7.85. The van der Waals surface area contributed by atoms with Gasteiger partial charge in [0, 0.05) is 25.4 Å². The Labute approximate surface area is 169 Å². The lowest BCUT2D eigenvalue weighted by atomic mass is 9.84. The molecule has 9 nitrogen and oxygen atoms in total. The number of likely N-dealkylation sites (N-methyl/N-ethyl adjacent to an activating group) is 1. The molecule has 2 amide bonds. The Morgan fingerprint density at radius 3 is 2.21 bits per heavy atom. The number of amides is 2. The van der Waals surface area contributed by atoms with Crippen LogP contribution < -0.4 is 16.0 Å². The Morgan fingerprint density at radius 2 is 1.75 bits per heavy atom. The summed E-state index contributed by atoms with van der Waals surface area (Å²) in [6.45, 7) is 12.6. The van der Waals surface area contributed by atoms with Crippen LogP contribution in [-0.4, -0.2) is 69.9 Å². The standard InChI is InChI=1S/C18H37N3O6S/c1-7-18(5,13-27-12-17(3,4)11-20-8-2)9-15(22)21-14(16(23)19-6)10-28(24,25)26/h14,20H,7-13H2,1-6H3,(H,19,23)(H,21,22)(H,24,25,26). The molecule has 0 fully saturated rings. The molecule has 0 aromatic heterocycles. The van der Waals surface area contributed by atoms with E-state index < -0.39 is 39.1 Å². The quantitative estimate of drug-likeness (QED) is 0.300. The summed E-state index contributed by atoms with van der Waals surface area (Å²) < 4.78 is 37.1. The van der Waals surface area contributed by atoms with E-state index in [0.29, 0.717) is 19.6 Å². The van der Waals surface area contributed by atoms with Gasteiger partial charge in [0.15, 0.2) is 0 Å². The van der Waals surface area contributed by atoms with Crippen LogP contribution in [0.15, 0.2) is 0 Å². The van der Waals surface area contributed by atoms with Crippen LogP contribution in [0.4, 0.5) is 0 Å². The first-order valence-electron chi connectivity index (χ1n) is 9.52. The molecule has 10 heteroatoms. The first-order chi connectivity index (χ1) is 12.8. The van der Waals surface area contributed by atoms with E-state index in [1.165, 1.54) is 7.05 Å². The van der Waals surface area contributed by atoms with Gasteiger partial charge in [-0.15, -0.1) is 0 Å². The van der Waals surface area contributed by atoms with Crippen LogP contribution >= 0.6 is 0 Å². The second kappa shape index (κ2) is 11.7. The first-order valence-corrected chi connectivity index (χ1v) is 11.1. The second-order valence-corrected chi connectivity index (χ2v) is 9.76. The molecule has 2 atom stereocenters. The summed E-state index contributed by atoms with van der Waals surface area (Å²) in [6.07, 6.45) is 0.729. The van der Waals surface area contributed by atoms with Crippen molar-refractivity contribution in [2.24, 2.45) is 10.8 Å². The van der Waals surface area contributed by atoms with Crippen molar-refractivity contribution in [2.45, 2.75) is 53.5 Å². The maximum atomic E-state index is 12.4. The molecule has 0 bridgehead atoms. The van der Waals surface area contributed by atoms with Crippen molar-refractivity contribution in [1.29, 1.82) is 0 Å². The van der Waals surface area contributed by atoms with Crippen LogP contribution in [0.2, 0.25) is 0 Å². The van der Waals surface area contributed by atoms with Gasteiger partial charge in [-0.1, -0.05) is 34.6 Å². The lowest BCUT2D eigenvalue weighted by molar-refractivity contribution is -0.130. The van der Waals surface area contributed by atoms with E-state index in [0.717, 1.165) is 13.1 Å². The van der Waals surface area contributed by atoms with Gasteiger partial charge in [0.2, 0.25) is 11.8 Å². The number of nitrogens with one attached hydrogen (secondary N) is 3. The van der Waals surface area contributed by atoms with Crippen molar-refractivity contribution in [3.8, 4) is 0 Å². The molecule has 0 saturated heterocycles. The third kappa shape index (κ3) is 11.6. The molecule has 4 N–H and O–H groups in total. The molecular weight excluding hydrogens is 386 g/mol. The SMILES string of the molecule is CCNCC(C)(C)COCC(C)(CC)CC(=O)NC(CS(=O)(=O)O)C(=O)NC. The Balaban J connectivity index is 4.82. The van der Waals surface area contributed by atoms with Crippen molar-refractivity contribution >= 4 is 21.9 Å². The lowest BCUT2D eigenvalue weighted by Gasteiger charge is -2.31. The monoisotopic (exact) mass is 423 g/mol. The summed E-state index contributed by atoms with van der Waals surface area (Å²) in [5.74, 6) is -2.04. The number of carbonyl (C=O) groups is 2. The fourth-order valence-electron chi connectivity index (χ4n) is 2.57. The third-order valence-corrected chi connectivity index (χ3v) is 5.27. The average Bonchev–Trinajstić information content (AvgIpc) is 2.57. The molecule has 28 heavy (non-hydrogen) atoms. The molecule has 0 spiro atoms. The van der Waals surface area contributed by atoms with Crippen molar-refractivity contribution in [3.05, 3.63) is 0 Å². The number of hydrogen-bond donors (Lipinski definition) is 4. The fourth-order valence-corrected chi connectivity index (χ4v) is 3.22. The number of carbonyl (C=O) groups excluding carboxylic acids is 2. The second-order valence-electron chi connectivity index (χ2n) is 8.26. The summed E-state index contributed by atoms with van der Waals surface area (Å²) in [4.78, 5) is 24.2. The summed E-state index contributed by atoms with van der Waals surface area (Å²) in [5, 5.41) is 7.96. The van der Waals surface area contributed by atoms with Gasteiger partial charge in [-0.05, 0) is 18.4 Å². The van der Waals surface area contributed by atoms with Gasteiger partial charge in [0.1, 0.15) is 11.8 Å². The number of hydrogen-bond acceptors (Lipinski definition) is 6.